The van der Waals surface area contributed by atoms with E-state index < -0.39 is 48.6 Å². The highest BCUT2D eigenvalue weighted by molar-refractivity contribution is 6.28. The summed E-state index contributed by atoms with van der Waals surface area (Å²) in [4.78, 5) is 35.6. The fraction of sp³-hybridized carbons (Fsp3) is 0.550. The van der Waals surface area contributed by atoms with Gasteiger partial charge in [-0.1, -0.05) is 18.8 Å². The first-order valence-electron chi connectivity index (χ1n) is 10.6. The van der Waals surface area contributed by atoms with E-state index in [2.05, 4.69) is 26.2 Å². The largest absolute Gasteiger partial charge is 0.384 e. The average Bonchev–Trinajstić information content (AvgIpc) is 3.49. The molecule has 0 bridgehead atoms. The molecule has 0 unspecified atom stereocenters. The molecule has 1 aliphatic heterocycles. The molecule has 13 nitrogen and oxygen atoms in total. The number of nitrogens with one attached hydrogen (secondary N) is 1. The summed E-state index contributed by atoms with van der Waals surface area (Å²) in [5.41, 5.74) is 8.58. The number of primary amides is 2. The third kappa shape index (κ3) is 4.26. The number of nitrogens with zero attached hydrogens (tertiary/aromatic N) is 4. The van der Waals surface area contributed by atoms with Gasteiger partial charge in [-0.2, -0.15) is 9.97 Å². The molecule has 2 aromatic rings. The molecule has 1 saturated carbocycles. The zero-order chi connectivity index (χ0) is 24.6. The molecule has 0 radical (unpaired) electrons. The standard InChI is InChI=1S/C20H24ClN7O6/c1-2-20(32)10(7-33-12(14(22)30)15(23)31)34-18(13(20)29)28-8-24-11-16(25-9-5-3-4-6-9)26-19(21)27-17(11)28/h1,8-10,12-13,18,29,32H,3-7H2,(H2,22,30)(H2,23,31)(H,25,26,27)/t10-,13+,18-,20-/m1/s1. The highest BCUT2D eigenvalue weighted by Gasteiger charge is 2.56. The number of imidazole rings is 1. The van der Waals surface area contributed by atoms with Crippen LogP contribution in [-0.4, -0.2) is 78.1 Å². The maximum absolute atomic E-state index is 11.4. The van der Waals surface area contributed by atoms with Crippen LogP contribution >= 0.6 is 11.6 Å². The lowest BCUT2D eigenvalue weighted by Gasteiger charge is -2.25. The van der Waals surface area contributed by atoms with Crippen LogP contribution in [0.1, 0.15) is 31.9 Å². The highest BCUT2D eigenvalue weighted by Crippen LogP contribution is 2.39. The molecule has 4 rings (SSSR count). The first-order valence-corrected chi connectivity index (χ1v) is 10.9. The van der Waals surface area contributed by atoms with Crippen molar-refractivity contribution in [1.29, 1.82) is 0 Å². The highest BCUT2D eigenvalue weighted by atomic mass is 35.5. The van der Waals surface area contributed by atoms with Gasteiger partial charge in [0.05, 0.1) is 12.9 Å². The number of aromatic nitrogens is 4. The minimum atomic E-state index is -2.25. The number of nitrogens with two attached hydrogens (primary N) is 2. The fourth-order valence-corrected chi connectivity index (χ4v) is 4.41. The molecule has 7 N–H and O–H groups in total. The summed E-state index contributed by atoms with van der Waals surface area (Å²) < 4.78 is 12.3. The van der Waals surface area contributed by atoms with Crippen LogP contribution in [0.2, 0.25) is 5.28 Å². The molecule has 1 aliphatic carbocycles. The van der Waals surface area contributed by atoms with Gasteiger partial charge in [0.2, 0.25) is 11.4 Å². The Morgan fingerprint density at radius 2 is 2.06 bits per heavy atom. The number of halogens is 1. The van der Waals surface area contributed by atoms with Crippen molar-refractivity contribution in [2.24, 2.45) is 11.5 Å². The number of anilines is 1. The summed E-state index contributed by atoms with van der Waals surface area (Å²) in [6.07, 6.45) is 4.97. The summed E-state index contributed by atoms with van der Waals surface area (Å²) >= 11 is 6.14. The number of hydrogen-bond acceptors (Lipinski definition) is 10. The van der Waals surface area contributed by atoms with E-state index in [0.717, 1.165) is 25.7 Å². The summed E-state index contributed by atoms with van der Waals surface area (Å²) in [5, 5.41) is 25.1. The Labute approximate surface area is 198 Å². The van der Waals surface area contributed by atoms with Crippen LogP contribution in [0.3, 0.4) is 0 Å². The summed E-state index contributed by atoms with van der Waals surface area (Å²) in [7, 11) is 0. The van der Waals surface area contributed by atoms with Crippen molar-refractivity contribution >= 4 is 40.4 Å². The molecule has 182 valence electrons. The molecular formula is C20H24ClN7O6. The van der Waals surface area contributed by atoms with E-state index in [9.17, 15) is 19.8 Å². The summed E-state index contributed by atoms with van der Waals surface area (Å²) in [6, 6.07) is 0.226. The Balaban J connectivity index is 1.63. The van der Waals surface area contributed by atoms with Gasteiger partial charge in [-0.25, -0.2) is 4.98 Å². The molecule has 4 atom stereocenters. The fourth-order valence-electron chi connectivity index (χ4n) is 4.25. The lowest BCUT2D eigenvalue weighted by molar-refractivity contribution is -0.148. The Bertz CT molecular complexity index is 1130. The van der Waals surface area contributed by atoms with E-state index in [4.69, 9.17) is 39.0 Å². The van der Waals surface area contributed by atoms with Crippen LogP contribution in [0.4, 0.5) is 5.82 Å². The summed E-state index contributed by atoms with van der Waals surface area (Å²) in [6.45, 7) is -0.568. The SMILES string of the molecule is C#C[C@@]1(O)[C@@H](COC(C(N)=O)C(N)=O)O[C@@H](n2cnc3c(NC4CCCC4)nc(Cl)nc32)[C@@H]1O. The summed E-state index contributed by atoms with van der Waals surface area (Å²) in [5.74, 6) is 0.285. The molecule has 0 aromatic carbocycles. The molecule has 2 aliphatic rings. The van der Waals surface area contributed by atoms with Crippen molar-refractivity contribution in [3.05, 3.63) is 11.6 Å². The number of amides is 2. The van der Waals surface area contributed by atoms with Crippen molar-refractivity contribution in [3.63, 3.8) is 0 Å². The van der Waals surface area contributed by atoms with Crippen molar-refractivity contribution in [1.82, 2.24) is 19.5 Å². The van der Waals surface area contributed by atoms with E-state index in [-0.39, 0.29) is 17.0 Å². The van der Waals surface area contributed by atoms with Gasteiger partial charge >= 0.3 is 0 Å². The molecular weight excluding hydrogens is 470 g/mol. The smallest absolute Gasteiger partial charge is 0.256 e. The Kier molecular flexibility index (Phi) is 6.61. The van der Waals surface area contributed by atoms with Crippen LogP contribution in [-0.2, 0) is 19.1 Å². The van der Waals surface area contributed by atoms with E-state index in [0.29, 0.717) is 11.3 Å². The zero-order valence-electron chi connectivity index (χ0n) is 17.9. The van der Waals surface area contributed by atoms with E-state index >= 15 is 0 Å². The quantitative estimate of drug-likeness (QED) is 0.169. The molecule has 14 heteroatoms. The van der Waals surface area contributed by atoms with Gasteiger partial charge < -0.3 is 36.5 Å². The number of carbonyl (C=O) groups is 2. The van der Waals surface area contributed by atoms with Gasteiger partial charge in [-0.05, 0) is 24.4 Å². The van der Waals surface area contributed by atoms with Crippen molar-refractivity contribution in [2.75, 3.05) is 11.9 Å². The number of carbonyl (C=O) groups excluding carboxylic acids is 2. The second-order valence-electron chi connectivity index (χ2n) is 8.24. The van der Waals surface area contributed by atoms with Gasteiger partial charge in [-0.3, -0.25) is 14.2 Å². The van der Waals surface area contributed by atoms with Crippen LogP contribution < -0.4 is 16.8 Å². The average molecular weight is 494 g/mol. The number of rotatable bonds is 8. The number of fused-ring (bicyclic) bond motifs is 1. The topological polar surface area (TPSA) is 201 Å². The maximum atomic E-state index is 11.4. The third-order valence-electron chi connectivity index (χ3n) is 6.04. The minimum Gasteiger partial charge on any atom is -0.384 e. The molecule has 1 saturated heterocycles. The first kappa shape index (κ1) is 24.1. The second-order valence-corrected chi connectivity index (χ2v) is 8.58. The van der Waals surface area contributed by atoms with E-state index in [1.807, 2.05) is 0 Å². The number of hydrogen-bond donors (Lipinski definition) is 5. The van der Waals surface area contributed by atoms with Crippen LogP contribution in [0.25, 0.3) is 11.2 Å². The van der Waals surface area contributed by atoms with Crippen LogP contribution in [0, 0.1) is 12.3 Å². The third-order valence-corrected chi connectivity index (χ3v) is 6.21. The van der Waals surface area contributed by atoms with Crippen molar-refractivity contribution in [3.8, 4) is 12.3 Å². The van der Waals surface area contributed by atoms with Crippen LogP contribution in [0.15, 0.2) is 6.33 Å². The molecule has 2 amide bonds. The van der Waals surface area contributed by atoms with Crippen molar-refractivity contribution in [2.45, 2.75) is 61.9 Å². The molecule has 2 fully saturated rings. The number of aliphatic hydroxyl groups excluding tert-OH is 1. The number of ether oxygens (including phenoxy) is 2. The lowest BCUT2D eigenvalue weighted by Crippen LogP contribution is -2.50. The maximum Gasteiger partial charge on any atom is 0.256 e. The molecule has 34 heavy (non-hydrogen) atoms. The first-order chi connectivity index (χ1) is 16.2. The Hall–Kier alpha value is -3.02. The van der Waals surface area contributed by atoms with Crippen LogP contribution in [0.5, 0.6) is 0 Å². The Morgan fingerprint density at radius 3 is 2.68 bits per heavy atom. The molecule has 2 aromatic heterocycles. The monoisotopic (exact) mass is 493 g/mol. The number of aliphatic hydroxyl groups is 2. The lowest BCUT2D eigenvalue weighted by atomic mass is 9.93. The van der Waals surface area contributed by atoms with Gasteiger partial charge in [0.15, 0.2) is 28.8 Å². The van der Waals surface area contributed by atoms with Gasteiger partial charge in [-0.15, -0.1) is 6.42 Å². The van der Waals surface area contributed by atoms with Gasteiger partial charge in [0.25, 0.3) is 11.8 Å². The molecule has 3 heterocycles. The predicted molar refractivity (Wildman–Crippen MR) is 118 cm³/mol. The predicted octanol–water partition coefficient (Wildman–Crippen LogP) is -1.19. The normalized spacial score (nSPS) is 27.3. The number of terminal acetylenes is 1. The van der Waals surface area contributed by atoms with Crippen molar-refractivity contribution < 1.29 is 29.3 Å². The molecule has 0 spiro atoms. The van der Waals surface area contributed by atoms with E-state index in [1.165, 1.54) is 10.9 Å². The Morgan fingerprint density at radius 1 is 1.38 bits per heavy atom. The van der Waals surface area contributed by atoms with Gasteiger partial charge in [0, 0.05) is 6.04 Å². The second kappa shape index (κ2) is 9.32. The zero-order valence-corrected chi connectivity index (χ0v) is 18.7. The minimum absolute atomic E-state index is 0.0555. The van der Waals surface area contributed by atoms with E-state index in [1.54, 1.807) is 0 Å². The van der Waals surface area contributed by atoms with Gasteiger partial charge in [0.1, 0.15) is 12.2 Å².